The van der Waals surface area contributed by atoms with Crippen LogP contribution in [0.3, 0.4) is 0 Å². The molecule has 1 fully saturated rings. The van der Waals surface area contributed by atoms with Crippen molar-refractivity contribution in [2.45, 2.75) is 30.6 Å². The summed E-state index contributed by atoms with van der Waals surface area (Å²) in [7, 11) is -3.76. The van der Waals surface area contributed by atoms with Crippen molar-refractivity contribution >= 4 is 39.2 Å². The molecule has 1 saturated heterocycles. The van der Waals surface area contributed by atoms with Gasteiger partial charge in [0.2, 0.25) is 10.0 Å². The molecule has 0 saturated carbocycles. The molecule has 35 heavy (non-hydrogen) atoms. The molecule has 1 aliphatic heterocycles. The van der Waals surface area contributed by atoms with Crippen molar-refractivity contribution < 1.29 is 22.7 Å². The van der Waals surface area contributed by atoms with Gasteiger partial charge in [0, 0.05) is 30.4 Å². The van der Waals surface area contributed by atoms with E-state index in [0.29, 0.717) is 24.3 Å². The Morgan fingerprint density at radius 1 is 0.857 bits per heavy atom. The summed E-state index contributed by atoms with van der Waals surface area (Å²) in [6, 6.07) is 19.1. The Kier molecular flexibility index (Phi) is 7.85. The number of esters is 1. The van der Waals surface area contributed by atoms with E-state index in [9.17, 15) is 18.0 Å². The average molecular weight is 513 g/mol. The van der Waals surface area contributed by atoms with Crippen molar-refractivity contribution in [1.82, 2.24) is 4.31 Å². The number of carbonyl (C=O) groups is 2. The molecule has 182 valence electrons. The molecule has 9 heteroatoms. The first-order valence-corrected chi connectivity index (χ1v) is 13.1. The molecule has 0 aromatic heterocycles. The molecule has 1 amide bonds. The van der Waals surface area contributed by atoms with Crippen molar-refractivity contribution in [3.63, 3.8) is 0 Å². The van der Waals surface area contributed by atoms with E-state index < -0.39 is 16.0 Å². The number of hydrogen-bond acceptors (Lipinski definition) is 5. The minimum absolute atomic E-state index is 0.000347. The second-order valence-corrected chi connectivity index (χ2v) is 10.5. The number of sulfonamides is 1. The summed E-state index contributed by atoms with van der Waals surface area (Å²) < 4.78 is 33.2. The van der Waals surface area contributed by atoms with Gasteiger partial charge in [-0.3, -0.25) is 4.79 Å². The predicted octanol–water partition coefficient (Wildman–Crippen LogP) is 5.38. The standard InChI is InChI=1S/C26H25ClN2O5S/c27-24-14-13-22(35(32,33)29-15-6-1-2-7-16-29)18-23(24)26(31)34-21-12-8-11-20(17-21)28-25(30)19-9-4-3-5-10-19/h3-5,8-14,17-18H,1-2,6-7,15-16H2,(H,28,30). The Morgan fingerprint density at radius 3 is 2.29 bits per heavy atom. The van der Waals surface area contributed by atoms with E-state index in [-0.39, 0.29) is 27.1 Å². The third-order valence-electron chi connectivity index (χ3n) is 5.70. The molecule has 0 aliphatic carbocycles. The molecule has 0 unspecified atom stereocenters. The van der Waals surface area contributed by atoms with E-state index in [2.05, 4.69) is 5.32 Å². The highest BCUT2D eigenvalue weighted by Crippen LogP contribution is 2.27. The number of anilines is 1. The van der Waals surface area contributed by atoms with Gasteiger partial charge in [0.1, 0.15) is 5.75 Å². The first-order chi connectivity index (χ1) is 16.8. The van der Waals surface area contributed by atoms with Gasteiger partial charge in [-0.1, -0.05) is 48.7 Å². The maximum atomic E-state index is 13.1. The van der Waals surface area contributed by atoms with Crippen molar-refractivity contribution in [3.05, 3.63) is 88.9 Å². The topological polar surface area (TPSA) is 92.8 Å². The molecule has 0 atom stereocenters. The van der Waals surface area contributed by atoms with Crippen LogP contribution < -0.4 is 10.1 Å². The number of ether oxygens (including phenoxy) is 1. The van der Waals surface area contributed by atoms with E-state index >= 15 is 0 Å². The second-order valence-electron chi connectivity index (χ2n) is 8.20. The number of nitrogens with one attached hydrogen (secondary N) is 1. The Bertz CT molecular complexity index is 1320. The van der Waals surface area contributed by atoms with Crippen LogP contribution in [0.25, 0.3) is 0 Å². The Labute approximate surface area is 209 Å². The van der Waals surface area contributed by atoms with Gasteiger partial charge in [-0.15, -0.1) is 0 Å². The second kappa shape index (κ2) is 11.0. The van der Waals surface area contributed by atoms with Crippen LogP contribution in [-0.4, -0.2) is 37.7 Å². The summed E-state index contributed by atoms with van der Waals surface area (Å²) in [5, 5.41) is 2.83. The number of halogens is 1. The molecule has 0 spiro atoms. The van der Waals surface area contributed by atoms with Gasteiger partial charge in [-0.25, -0.2) is 13.2 Å². The van der Waals surface area contributed by atoms with Crippen LogP contribution in [0.1, 0.15) is 46.4 Å². The maximum absolute atomic E-state index is 13.1. The van der Waals surface area contributed by atoms with E-state index in [4.69, 9.17) is 16.3 Å². The molecule has 0 bridgehead atoms. The molecule has 3 aromatic rings. The summed E-state index contributed by atoms with van der Waals surface area (Å²) in [4.78, 5) is 25.3. The van der Waals surface area contributed by atoms with E-state index in [0.717, 1.165) is 25.7 Å². The van der Waals surface area contributed by atoms with Crippen LogP contribution in [0.15, 0.2) is 77.7 Å². The monoisotopic (exact) mass is 512 g/mol. The van der Waals surface area contributed by atoms with Gasteiger partial charge in [0.15, 0.2) is 0 Å². The molecule has 0 radical (unpaired) electrons. The average Bonchev–Trinajstić information content (AvgIpc) is 3.15. The van der Waals surface area contributed by atoms with E-state index in [1.165, 1.54) is 28.6 Å². The lowest BCUT2D eigenvalue weighted by molar-refractivity contribution is 0.0734. The normalized spacial score (nSPS) is 14.7. The first-order valence-electron chi connectivity index (χ1n) is 11.3. The zero-order valence-corrected chi connectivity index (χ0v) is 20.5. The van der Waals surface area contributed by atoms with Gasteiger partial charge in [0.25, 0.3) is 5.91 Å². The lowest BCUT2D eigenvalue weighted by Crippen LogP contribution is -2.32. The summed E-state index contributed by atoms with van der Waals surface area (Å²) >= 11 is 6.22. The Hall–Kier alpha value is -3.20. The lowest BCUT2D eigenvalue weighted by Gasteiger charge is -2.20. The van der Waals surface area contributed by atoms with Crippen molar-refractivity contribution in [2.24, 2.45) is 0 Å². The zero-order valence-electron chi connectivity index (χ0n) is 18.9. The largest absolute Gasteiger partial charge is 0.423 e. The molecular formula is C26H25ClN2O5S. The summed E-state index contributed by atoms with van der Waals surface area (Å²) in [6.45, 7) is 0.901. The van der Waals surface area contributed by atoms with Crippen LogP contribution in [0.5, 0.6) is 5.75 Å². The summed E-state index contributed by atoms with van der Waals surface area (Å²) in [5.41, 5.74) is 0.873. The molecule has 4 rings (SSSR count). The molecule has 1 N–H and O–H groups in total. The van der Waals surface area contributed by atoms with Crippen LogP contribution in [-0.2, 0) is 10.0 Å². The molecular weight excluding hydrogens is 488 g/mol. The molecule has 1 aliphatic rings. The fourth-order valence-electron chi connectivity index (χ4n) is 3.84. The minimum Gasteiger partial charge on any atom is -0.423 e. The smallest absolute Gasteiger partial charge is 0.345 e. The highest BCUT2D eigenvalue weighted by molar-refractivity contribution is 7.89. The number of amides is 1. The number of nitrogens with zero attached hydrogens (tertiary/aromatic N) is 1. The molecule has 1 heterocycles. The van der Waals surface area contributed by atoms with Crippen LogP contribution in [0.4, 0.5) is 5.69 Å². The summed E-state index contributed by atoms with van der Waals surface area (Å²) in [6.07, 6.45) is 3.60. The Morgan fingerprint density at radius 2 is 1.57 bits per heavy atom. The third kappa shape index (κ3) is 6.08. The van der Waals surface area contributed by atoms with E-state index in [1.807, 2.05) is 6.07 Å². The van der Waals surface area contributed by atoms with Crippen LogP contribution in [0.2, 0.25) is 5.02 Å². The highest BCUT2D eigenvalue weighted by Gasteiger charge is 2.27. The summed E-state index contributed by atoms with van der Waals surface area (Å²) in [5.74, 6) is -0.921. The van der Waals surface area contributed by atoms with Gasteiger partial charge >= 0.3 is 5.97 Å². The minimum atomic E-state index is -3.76. The fraction of sp³-hybridized carbons (Fsp3) is 0.231. The zero-order chi connectivity index (χ0) is 24.8. The van der Waals surface area contributed by atoms with E-state index in [1.54, 1.807) is 42.5 Å². The number of carbonyl (C=O) groups excluding carboxylic acids is 2. The lowest BCUT2D eigenvalue weighted by atomic mass is 10.2. The third-order valence-corrected chi connectivity index (χ3v) is 7.92. The van der Waals surface area contributed by atoms with Gasteiger partial charge in [0.05, 0.1) is 15.5 Å². The molecule has 7 nitrogen and oxygen atoms in total. The van der Waals surface area contributed by atoms with Crippen LogP contribution in [0, 0.1) is 0 Å². The van der Waals surface area contributed by atoms with Crippen molar-refractivity contribution in [1.29, 1.82) is 0 Å². The fourth-order valence-corrected chi connectivity index (χ4v) is 5.58. The highest BCUT2D eigenvalue weighted by atomic mass is 35.5. The van der Waals surface area contributed by atoms with Gasteiger partial charge < -0.3 is 10.1 Å². The van der Waals surface area contributed by atoms with Gasteiger partial charge in [-0.05, 0) is 55.3 Å². The van der Waals surface area contributed by atoms with Gasteiger partial charge in [-0.2, -0.15) is 4.31 Å². The molecule has 3 aromatic carbocycles. The van der Waals surface area contributed by atoms with Crippen molar-refractivity contribution in [2.75, 3.05) is 18.4 Å². The Balaban J connectivity index is 1.51. The van der Waals surface area contributed by atoms with Crippen molar-refractivity contribution in [3.8, 4) is 5.75 Å². The number of benzene rings is 3. The maximum Gasteiger partial charge on any atom is 0.345 e. The number of rotatable bonds is 6. The SMILES string of the molecule is O=C(Nc1cccc(OC(=O)c2cc(S(=O)(=O)N3CCCCCC3)ccc2Cl)c1)c1ccccc1. The first kappa shape index (κ1) is 24.9. The quantitative estimate of drug-likeness (QED) is 0.354. The van der Waals surface area contributed by atoms with Crippen LogP contribution >= 0.6 is 11.6 Å². The predicted molar refractivity (Wildman–Crippen MR) is 134 cm³/mol. The number of hydrogen-bond donors (Lipinski definition) is 1.